The van der Waals surface area contributed by atoms with E-state index in [0.29, 0.717) is 36.7 Å². The van der Waals surface area contributed by atoms with Crippen molar-refractivity contribution in [3.63, 3.8) is 0 Å². The summed E-state index contributed by atoms with van der Waals surface area (Å²) >= 11 is 0. The van der Waals surface area contributed by atoms with Gasteiger partial charge in [0.1, 0.15) is 11.6 Å². The monoisotopic (exact) mass is 282 g/mol. The number of carbonyl (C=O) groups excluding carboxylic acids is 2. The molecular formula is C16H30N2O2. The summed E-state index contributed by atoms with van der Waals surface area (Å²) in [6, 6.07) is 1.06. The van der Waals surface area contributed by atoms with Crippen molar-refractivity contribution in [2.24, 2.45) is 0 Å². The van der Waals surface area contributed by atoms with Crippen molar-refractivity contribution in [1.82, 2.24) is 9.80 Å². The van der Waals surface area contributed by atoms with Crippen molar-refractivity contribution in [1.29, 1.82) is 0 Å². The van der Waals surface area contributed by atoms with E-state index in [-0.39, 0.29) is 0 Å². The summed E-state index contributed by atoms with van der Waals surface area (Å²) in [4.78, 5) is 26.3. The summed E-state index contributed by atoms with van der Waals surface area (Å²) in [5.74, 6) is 0.805. The maximum Gasteiger partial charge on any atom is 0.146 e. The van der Waals surface area contributed by atoms with Crippen LogP contribution < -0.4 is 0 Å². The highest BCUT2D eigenvalue weighted by Crippen LogP contribution is 2.09. The second-order valence-corrected chi connectivity index (χ2v) is 6.41. The number of carbonyl (C=O) groups is 2. The van der Waals surface area contributed by atoms with Crippen LogP contribution in [0.15, 0.2) is 0 Å². The predicted octanol–water partition coefficient (Wildman–Crippen LogP) is 2.12. The highest BCUT2D eigenvalue weighted by molar-refractivity contribution is 5.81. The Morgan fingerprint density at radius 2 is 1.10 bits per heavy atom. The SMILES string of the molecule is CC(C)N1CCCC(=O)C1.CC(C)N1CCCC(=O)C1. The van der Waals surface area contributed by atoms with Gasteiger partial charge < -0.3 is 0 Å². The van der Waals surface area contributed by atoms with Crippen molar-refractivity contribution in [3.8, 4) is 0 Å². The van der Waals surface area contributed by atoms with Gasteiger partial charge >= 0.3 is 0 Å². The number of likely N-dealkylation sites (tertiary alicyclic amines) is 2. The zero-order valence-corrected chi connectivity index (χ0v) is 13.5. The minimum atomic E-state index is 0.403. The molecule has 116 valence electrons. The third kappa shape index (κ3) is 6.14. The molecule has 0 aromatic heterocycles. The van der Waals surface area contributed by atoms with E-state index in [1.165, 1.54) is 0 Å². The molecule has 20 heavy (non-hydrogen) atoms. The fourth-order valence-corrected chi connectivity index (χ4v) is 2.61. The molecule has 2 fully saturated rings. The van der Waals surface area contributed by atoms with Gasteiger partial charge in [0.2, 0.25) is 0 Å². The van der Waals surface area contributed by atoms with Crippen molar-refractivity contribution in [3.05, 3.63) is 0 Å². The number of nitrogens with zero attached hydrogens (tertiary/aromatic N) is 2. The molecule has 2 rings (SSSR count). The fraction of sp³-hybridized carbons (Fsp3) is 0.875. The summed E-state index contributed by atoms with van der Waals surface area (Å²) in [6.07, 6.45) is 3.69. The molecule has 4 nitrogen and oxygen atoms in total. The van der Waals surface area contributed by atoms with E-state index >= 15 is 0 Å². The quantitative estimate of drug-likeness (QED) is 0.778. The number of Topliss-reactive ketones (excluding diaryl/α,β-unsaturated/α-hetero) is 2. The summed E-state index contributed by atoms with van der Waals surface area (Å²) in [6.45, 7) is 12.1. The van der Waals surface area contributed by atoms with E-state index < -0.39 is 0 Å². The van der Waals surface area contributed by atoms with Gasteiger partial charge in [-0.25, -0.2) is 0 Å². The van der Waals surface area contributed by atoms with Crippen LogP contribution in [-0.4, -0.2) is 59.6 Å². The van der Waals surface area contributed by atoms with Crippen LogP contribution in [0.5, 0.6) is 0 Å². The molecule has 0 atom stereocenters. The first-order valence-corrected chi connectivity index (χ1v) is 7.91. The Balaban J connectivity index is 0.000000200. The molecule has 0 N–H and O–H groups in total. The van der Waals surface area contributed by atoms with Crippen LogP contribution >= 0.6 is 0 Å². The maximum absolute atomic E-state index is 10.9. The van der Waals surface area contributed by atoms with E-state index in [1.54, 1.807) is 0 Å². The molecule has 0 amide bonds. The smallest absolute Gasteiger partial charge is 0.146 e. The standard InChI is InChI=1S/2C8H15NO/c2*1-7(2)9-5-3-4-8(10)6-9/h2*7H,3-6H2,1-2H3. The van der Waals surface area contributed by atoms with Gasteiger partial charge in [-0.1, -0.05) is 0 Å². The van der Waals surface area contributed by atoms with Crippen LogP contribution in [0.3, 0.4) is 0 Å². The predicted molar refractivity (Wildman–Crippen MR) is 81.9 cm³/mol. The van der Waals surface area contributed by atoms with Crippen LogP contribution in [0.2, 0.25) is 0 Å². The van der Waals surface area contributed by atoms with E-state index in [9.17, 15) is 9.59 Å². The lowest BCUT2D eigenvalue weighted by molar-refractivity contribution is -0.123. The number of hydrogen-bond donors (Lipinski definition) is 0. The van der Waals surface area contributed by atoms with Crippen molar-refractivity contribution in [2.75, 3.05) is 26.2 Å². The van der Waals surface area contributed by atoms with Crippen molar-refractivity contribution < 1.29 is 9.59 Å². The third-order valence-corrected chi connectivity index (χ3v) is 4.02. The fourth-order valence-electron chi connectivity index (χ4n) is 2.61. The second kappa shape index (κ2) is 8.53. The number of rotatable bonds is 2. The molecule has 2 saturated heterocycles. The Morgan fingerprint density at radius 3 is 1.30 bits per heavy atom. The molecule has 0 bridgehead atoms. The van der Waals surface area contributed by atoms with Gasteiger partial charge in [-0.3, -0.25) is 19.4 Å². The topological polar surface area (TPSA) is 40.6 Å². The molecule has 2 aliphatic rings. The highest BCUT2D eigenvalue weighted by atomic mass is 16.1. The average Bonchev–Trinajstić information content (AvgIpc) is 2.39. The van der Waals surface area contributed by atoms with Crippen molar-refractivity contribution in [2.45, 2.75) is 65.5 Å². The Labute approximate surface area is 123 Å². The molecule has 0 aromatic rings. The molecule has 0 aromatic carbocycles. The highest BCUT2D eigenvalue weighted by Gasteiger charge is 2.18. The lowest BCUT2D eigenvalue weighted by Gasteiger charge is -2.28. The van der Waals surface area contributed by atoms with Crippen LogP contribution in [0.4, 0.5) is 0 Å². The van der Waals surface area contributed by atoms with Gasteiger partial charge in [0.05, 0.1) is 13.1 Å². The van der Waals surface area contributed by atoms with E-state index in [4.69, 9.17) is 0 Å². The van der Waals surface area contributed by atoms with Gasteiger partial charge in [-0.05, 0) is 53.6 Å². The van der Waals surface area contributed by atoms with Crippen LogP contribution in [0.25, 0.3) is 0 Å². The van der Waals surface area contributed by atoms with E-state index in [1.807, 2.05) is 0 Å². The van der Waals surface area contributed by atoms with Crippen LogP contribution in [0.1, 0.15) is 53.4 Å². The average molecular weight is 282 g/mol. The Morgan fingerprint density at radius 1 is 0.750 bits per heavy atom. The number of hydrogen-bond acceptors (Lipinski definition) is 4. The normalized spacial score (nSPS) is 22.1. The van der Waals surface area contributed by atoms with Gasteiger partial charge in [0, 0.05) is 24.9 Å². The van der Waals surface area contributed by atoms with Crippen LogP contribution in [-0.2, 0) is 9.59 Å². The molecule has 0 radical (unpaired) electrons. The maximum atomic E-state index is 10.9. The molecule has 0 spiro atoms. The first-order valence-electron chi connectivity index (χ1n) is 7.91. The van der Waals surface area contributed by atoms with Gasteiger partial charge in [0.25, 0.3) is 0 Å². The van der Waals surface area contributed by atoms with Gasteiger partial charge in [0.15, 0.2) is 0 Å². The first kappa shape index (κ1) is 17.3. The second-order valence-electron chi connectivity index (χ2n) is 6.41. The van der Waals surface area contributed by atoms with Gasteiger partial charge in [-0.2, -0.15) is 0 Å². The Kier molecular flexibility index (Phi) is 7.38. The van der Waals surface area contributed by atoms with Crippen molar-refractivity contribution >= 4 is 11.6 Å². The lowest BCUT2D eigenvalue weighted by Crippen LogP contribution is -2.40. The summed E-state index contributed by atoms with van der Waals surface area (Å²) in [5.41, 5.74) is 0. The zero-order valence-electron chi connectivity index (χ0n) is 13.5. The largest absolute Gasteiger partial charge is 0.298 e. The molecule has 4 heteroatoms. The van der Waals surface area contributed by atoms with Gasteiger partial charge in [-0.15, -0.1) is 0 Å². The Hall–Kier alpha value is -0.740. The molecule has 0 aliphatic carbocycles. The minimum absolute atomic E-state index is 0.403. The summed E-state index contributed by atoms with van der Waals surface area (Å²) in [5, 5.41) is 0. The number of piperidine rings is 2. The molecule has 0 unspecified atom stereocenters. The minimum Gasteiger partial charge on any atom is -0.298 e. The lowest BCUT2D eigenvalue weighted by atomic mass is 10.1. The van der Waals surface area contributed by atoms with E-state index in [2.05, 4.69) is 37.5 Å². The number of ketones is 2. The summed E-state index contributed by atoms with van der Waals surface area (Å²) in [7, 11) is 0. The molecule has 2 aliphatic heterocycles. The molecule has 0 saturated carbocycles. The molecular weight excluding hydrogens is 252 g/mol. The summed E-state index contributed by atoms with van der Waals surface area (Å²) < 4.78 is 0. The molecule has 2 heterocycles. The first-order chi connectivity index (χ1) is 9.40. The zero-order chi connectivity index (χ0) is 15.1. The van der Waals surface area contributed by atoms with E-state index in [0.717, 1.165) is 38.8 Å². The third-order valence-electron chi connectivity index (χ3n) is 4.02. The van der Waals surface area contributed by atoms with Crippen LogP contribution in [0, 0.1) is 0 Å². The Bertz CT molecular complexity index is 294.